The number of hydrogen-bond donors (Lipinski definition) is 4. The molecule has 4 aromatic carbocycles. The van der Waals surface area contributed by atoms with E-state index in [2.05, 4.69) is 4.98 Å². The van der Waals surface area contributed by atoms with Gasteiger partial charge < -0.3 is 29.9 Å². The normalized spacial score (nSPS) is 16.1. The van der Waals surface area contributed by atoms with Crippen LogP contribution in [0.3, 0.4) is 0 Å². The van der Waals surface area contributed by atoms with Gasteiger partial charge in [0.2, 0.25) is 5.91 Å². The number of carboxylic acids is 2. The molecule has 1 saturated heterocycles. The number of aliphatic hydroxyl groups excluding tert-OH is 1. The minimum absolute atomic E-state index is 0.0261. The molecular formula is C42H42FN3O7. The van der Waals surface area contributed by atoms with E-state index in [1.54, 1.807) is 17.2 Å². The van der Waals surface area contributed by atoms with Crippen LogP contribution >= 0.6 is 0 Å². The van der Waals surface area contributed by atoms with Gasteiger partial charge >= 0.3 is 11.9 Å². The molecule has 1 aliphatic rings. The second-order valence-corrected chi connectivity index (χ2v) is 13.6. The quantitative estimate of drug-likeness (QED) is 0.0626. The summed E-state index contributed by atoms with van der Waals surface area (Å²) in [5.74, 6) is -4.12. The monoisotopic (exact) mass is 719 g/mol. The number of aryl methyl sites for hydroxylation is 4. The number of hydrogen-bond acceptors (Lipinski definition) is 6. The van der Waals surface area contributed by atoms with E-state index in [9.17, 15) is 29.0 Å². The summed E-state index contributed by atoms with van der Waals surface area (Å²) in [6.45, 7) is 0. The first-order valence-corrected chi connectivity index (χ1v) is 17.7. The Kier molecular flexibility index (Phi) is 11.3. The number of nitrogens with zero attached hydrogens (tertiary/aromatic N) is 3. The predicted molar refractivity (Wildman–Crippen MR) is 197 cm³/mol. The smallest absolute Gasteiger partial charge is 0.317 e. The van der Waals surface area contributed by atoms with Crippen LogP contribution in [0.25, 0.3) is 11.1 Å². The zero-order valence-electron chi connectivity index (χ0n) is 29.3. The molecule has 274 valence electrons. The van der Waals surface area contributed by atoms with Crippen molar-refractivity contribution in [2.24, 2.45) is 18.9 Å². The molecule has 53 heavy (non-hydrogen) atoms. The zero-order valence-corrected chi connectivity index (χ0v) is 29.3. The van der Waals surface area contributed by atoms with Gasteiger partial charge in [-0.2, -0.15) is 0 Å². The number of carbonyl (C=O) groups excluding carboxylic acids is 1. The number of aliphatic carboxylic acids is 2. The lowest BCUT2D eigenvalue weighted by atomic mass is 9.77. The SMILES string of the molecule is Cn1ccnc1CCc1ccc(N2C(=O)[C@H](CC[C@H](O)c3ccc(F)cc3)[C@H]2c2ccc(-c3ccc(CCCC(C(=O)O)C(=O)O)cc3)cc2O)cc1. The molecule has 0 unspecified atom stereocenters. The van der Waals surface area contributed by atoms with Crippen LogP contribution < -0.4 is 4.90 Å². The van der Waals surface area contributed by atoms with Crippen molar-refractivity contribution in [3.8, 4) is 16.9 Å². The first kappa shape index (κ1) is 37.0. The van der Waals surface area contributed by atoms with Gasteiger partial charge in [-0.3, -0.25) is 14.4 Å². The number of phenols is 1. The number of anilines is 1. The molecule has 0 aliphatic carbocycles. The van der Waals surface area contributed by atoms with Gasteiger partial charge in [-0.15, -0.1) is 0 Å². The van der Waals surface area contributed by atoms with Crippen LogP contribution in [-0.4, -0.2) is 47.8 Å². The Morgan fingerprint density at radius 1 is 0.830 bits per heavy atom. The minimum Gasteiger partial charge on any atom is -0.508 e. The van der Waals surface area contributed by atoms with E-state index in [1.165, 1.54) is 24.3 Å². The fourth-order valence-electron chi connectivity index (χ4n) is 7.08. The molecule has 6 rings (SSSR count). The topological polar surface area (TPSA) is 153 Å². The number of phenolic OH excluding ortho intramolecular Hbond substituents is 1. The number of aromatic nitrogens is 2. The predicted octanol–water partition coefficient (Wildman–Crippen LogP) is 7.04. The summed E-state index contributed by atoms with van der Waals surface area (Å²) in [6.07, 6.45) is 5.95. The number of aliphatic hydroxyl groups is 1. The number of amides is 1. The fraction of sp³-hybridized carbons (Fsp3) is 0.286. The van der Waals surface area contributed by atoms with Crippen molar-refractivity contribution in [1.29, 1.82) is 0 Å². The van der Waals surface area contributed by atoms with Gasteiger partial charge in [0.05, 0.1) is 18.1 Å². The summed E-state index contributed by atoms with van der Waals surface area (Å²) in [5.41, 5.74) is 5.47. The summed E-state index contributed by atoms with van der Waals surface area (Å²) >= 11 is 0. The summed E-state index contributed by atoms with van der Waals surface area (Å²) in [4.78, 5) is 42.3. The highest BCUT2D eigenvalue weighted by atomic mass is 19.1. The molecule has 1 aromatic heterocycles. The van der Waals surface area contributed by atoms with Crippen LogP contribution in [0.4, 0.5) is 10.1 Å². The third-order valence-electron chi connectivity index (χ3n) is 10.2. The van der Waals surface area contributed by atoms with Crippen LogP contribution in [0.1, 0.15) is 65.9 Å². The third kappa shape index (κ3) is 8.47. The lowest BCUT2D eigenvalue weighted by molar-refractivity contribution is -0.154. The van der Waals surface area contributed by atoms with Gasteiger partial charge in [0.25, 0.3) is 0 Å². The highest BCUT2D eigenvalue weighted by molar-refractivity contribution is 6.03. The Labute approximate surface area is 306 Å². The van der Waals surface area contributed by atoms with Gasteiger partial charge in [0.15, 0.2) is 5.92 Å². The summed E-state index contributed by atoms with van der Waals surface area (Å²) < 4.78 is 15.5. The molecule has 10 nitrogen and oxygen atoms in total. The summed E-state index contributed by atoms with van der Waals surface area (Å²) in [5, 5.41) is 40.6. The van der Waals surface area contributed by atoms with E-state index < -0.39 is 41.7 Å². The van der Waals surface area contributed by atoms with E-state index in [0.29, 0.717) is 36.1 Å². The van der Waals surface area contributed by atoms with Gasteiger partial charge in [-0.05, 0) is 96.7 Å². The van der Waals surface area contributed by atoms with Crippen LogP contribution in [-0.2, 0) is 40.7 Å². The van der Waals surface area contributed by atoms with Crippen molar-refractivity contribution in [3.63, 3.8) is 0 Å². The number of benzene rings is 4. The van der Waals surface area contributed by atoms with Crippen molar-refractivity contribution in [3.05, 3.63) is 137 Å². The lowest BCUT2D eigenvalue weighted by Gasteiger charge is -2.48. The first-order valence-electron chi connectivity index (χ1n) is 17.7. The van der Waals surface area contributed by atoms with Gasteiger partial charge in [0.1, 0.15) is 17.4 Å². The number of aromatic hydroxyl groups is 1. The molecule has 1 aliphatic heterocycles. The fourth-order valence-corrected chi connectivity index (χ4v) is 7.08. The van der Waals surface area contributed by atoms with Crippen molar-refractivity contribution in [2.75, 3.05) is 4.90 Å². The standard InChI is InChI=1S/C42H42FN3O7/c1-45-24-23-44-38(45)22-9-27-7-17-32(18-8-27)46-39(34(40(46)49)20-21-36(47)29-12-15-31(43)16-13-29)33-19-14-30(25-37(33)48)28-10-5-26(6-11-28)3-2-4-35(41(50)51)42(52)53/h5-8,10-19,23-25,34-36,39,47-48H,2-4,9,20-22H2,1H3,(H,50,51)(H,52,53)/t34-,36+,39-/m1/s1. The number of rotatable bonds is 16. The molecule has 0 saturated carbocycles. The van der Waals surface area contributed by atoms with Crippen LogP contribution in [0.5, 0.6) is 5.75 Å². The maximum absolute atomic E-state index is 13.8. The van der Waals surface area contributed by atoms with E-state index >= 15 is 0 Å². The minimum atomic E-state index is -1.43. The summed E-state index contributed by atoms with van der Waals surface area (Å²) in [7, 11) is 1.96. The van der Waals surface area contributed by atoms with Crippen LogP contribution in [0.15, 0.2) is 103 Å². The molecule has 0 radical (unpaired) electrons. The lowest BCUT2D eigenvalue weighted by Crippen LogP contribution is -2.55. The van der Waals surface area contributed by atoms with E-state index in [1.807, 2.05) is 78.5 Å². The highest BCUT2D eigenvalue weighted by Gasteiger charge is 2.49. The van der Waals surface area contributed by atoms with Gasteiger partial charge in [0, 0.05) is 37.1 Å². The zero-order chi connectivity index (χ0) is 37.6. The molecule has 4 N–H and O–H groups in total. The first-order chi connectivity index (χ1) is 25.5. The van der Waals surface area contributed by atoms with E-state index in [-0.39, 0.29) is 24.5 Å². The molecule has 2 heterocycles. The summed E-state index contributed by atoms with van der Waals surface area (Å²) in [6, 6.07) is 26.0. The Morgan fingerprint density at radius 2 is 1.47 bits per heavy atom. The number of carbonyl (C=O) groups is 3. The average Bonchev–Trinajstić information content (AvgIpc) is 3.56. The third-order valence-corrected chi connectivity index (χ3v) is 10.2. The van der Waals surface area contributed by atoms with Crippen molar-refractivity contribution in [1.82, 2.24) is 9.55 Å². The number of halogens is 1. The van der Waals surface area contributed by atoms with Gasteiger partial charge in [-0.1, -0.05) is 60.7 Å². The highest BCUT2D eigenvalue weighted by Crippen LogP contribution is 2.49. The van der Waals surface area contributed by atoms with Crippen molar-refractivity contribution in [2.45, 2.75) is 57.1 Å². The van der Waals surface area contributed by atoms with Crippen molar-refractivity contribution < 1.29 is 39.2 Å². The number of β-lactam (4-membered cyclic amide) rings is 1. The Hall–Kier alpha value is -5.81. The molecule has 11 heteroatoms. The second-order valence-electron chi connectivity index (χ2n) is 13.6. The average molecular weight is 720 g/mol. The molecular weight excluding hydrogens is 677 g/mol. The van der Waals surface area contributed by atoms with E-state index in [4.69, 9.17) is 10.2 Å². The molecule has 3 atom stereocenters. The maximum atomic E-state index is 13.8. The molecule has 0 bridgehead atoms. The molecule has 0 spiro atoms. The second kappa shape index (κ2) is 16.2. The Balaban J connectivity index is 1.19. The molecule has 1 amide bonds. The Morgan fingerprint density at radius 3 is 2.09 bits per heavy atom. The number of imidazole rings is 1. The largest absolute Gasteiger partial charge is 0.508 e. The Bertz CT molecular complexity index is 2050. The number of carboxylic acid groups (broad SMARTS) is 2. The van der Waals surface area contributed by atoms with Crippen LogP contribution in [0, 0.1) is 17.7 Å². The molecule has 5 aromatic rings. The van der Waals surface area contributed by atoms with Crippen molar-refractivity contribution >= 4 is 23.5 Å². The van der Waals surface area contributed by atoms with Crippen LogP contribution in [0.2, 0.25) is 0 Å². The van der Waals surface area contributed by atoms with E-state index in [0.717, 1.165) is 40.9 Å². The molecule has 1 fully saturated rings. The maximum Gasteiger partial charge on any atom is 0.317 e. The van der Waals surface area contributed by atoms with Gasteiger partial charge in [-0.25, -0.2) is 9.37 Å².